The molecule has 4 rings (SSSR count). The van der Waals surface area contributed by atoms with Crippen LogP contribution in [0, 0.1) is 0 Å². The Bertz CT molecular complexity index is 1000. The monoisotopic (exact) mass is 316 g/mol. The van der Waals surface area contributed by atoms with Crippen LogP contribution in [0.2, 0.25) is 0 Å². The second-order valence-corrected chi connectivity index (χ2v) is 6.34. The van der Waals surface area contributed by atoms with Crippen LogP contribution in [-0.4, -0.2) is 5.97 Å². The summed E-state index contributed by atoms with van der Waals surface area (Å²) in [6.45, 7) is 2.42. The quantitative estimate of drug-likeness (QED) is 0.343. The van der Waals surface area contributed by atoms with Gasteiger partial charge in [0.05, 0.1) is 0 Å². The van der Waals surface area contributed by atoms with Gasteiger partial charge in [0.25, 0.3) is 0 Å². The van der Waals surface area contributed by atoms with Crippen molar-refractivity contribution in [2.24, 2.45) is 0 Å². The number of hydrogen-bond acceptors (Lipinski definition) is 2. The van der Waals surface area contributed by atoms with E-state index in [9.17, 15) is 4.79 Å². The lowest BCUT2D eigenvalue weighted by molar-refractivity contribution is -0.145. The number of benzene rings is 4. The number of ether oxygens (including phenoxy) is 1. The van der Waals surface area contributed by atoms with Crippen LogP contribution in [0.5, 0.6) is 0 Å². The van der Waals surface area contributed by atoms with Crippen LogP contribution in [-0.2, 0) is 16.1 Å². The van der Waals surface area contributed by atoms with E-state index in [0.717, 1.165) is 18.4 Å². The molecule has 0 saturated heterocycles. The van der Waals surface area contributed by atoms with Gasteiger partial charge in [-0.2, -0.15) is 0 Å². The third-order valence-corrected chi connectivity index (χ3v) is 4.74. The Labute approximate surface area is 141 Å². The second kappa shape index (κ2) is 6.12. The van der Waals surface area contributed by atoms with Gasteiger partial charge in [0.15, 0.2) is 0 Å². The Kier molecular flexibility index (Phi) is 3.81. The molecule has 120 valence electrons. The molecule has 0 amide bonds. The summed E-state index contributed by atoms with van der Waals surface area (Å²) in [7, 11) is 0. The van der Waals surface area contributed by atoms with E-state index in [1.165, 1.54) is 32.3 Å². The Morgan fingerprint density at radius 1 is 0.875 bits per heavy atom. The van der Waals surface area contributed by atoms with Crippen molar-refractivity contribution in [1.29, 1.82) is 0 Å². The molecule has 0 spiro atoms. The summed E-state index contributed by atoms with van der Waals surface area (Å²) in [4.78, 5) is 11.8. The summed E-state index contributed by atoms with van der Waals surface area (Å²) in [6, 6.07) is 19.3. The average Bonchev–Trinajstić information content (AvgIpc) is 2.63. The highest BCUT2D eigenvalue weighted by Crippen LogP contribution is 2.36. The minimum Gasteiger partial charge on any atom is -0.461 e. The molecule has 2 nitrogen and oxygen atoms in total. The molecule has 0 aliphatic heterocycles. The van der Waals surface area contributed by atoms with Crippen molar-refractivity contribution in [3.8, 4) is 0 Å². The van der Waals surface area contributed by atoms with Gasteiger partial charge in [0, 0.05) is 6.42 Å². The molecule has 0 aliphatic carbocycles. The normalized spacial score (nSPS) is 11.5. The minimum absolute atomic E-state index is 0.109. The molecule has 0 N–H and O–H groups in total. The molecule has 4 aromatic carbocycles. The number of carbonyl (C=O) groups is 1. The zero-order valence-corrected chi connectivity index (χ0v) is 13.8. The second-order valence-electron chi connectivity index (χ2n) is 6.34. The SMILES string of the molecule is CCCCC(=O)OCc1ccc2ccc3cccc4ccc1c2c34. The van der Waals surface area contributed by atoms with Gasteiger partial charge in [-0.3, -0.25) is 4.79 Å². The highest BCUT2D eigenvalue weighted by Gasteiger charge is 2.11. The van der Waals surface area contributed by atoms with Crippen molar-refractivity contribution in [2.75, 3.05) is 0 Å². The van der Waals surface area contributed by atoms with Crippen LogP contribution >= 0.6 is 0 Å². The predicted octanol–water partition coefficient (Wildman–Crippen LogP) is 5.82. The molecule has 2 heteroatoms. The Morgan fingerprint density at radius 2 is 1.54 bits per heavy atom. The summed E-state index contributed by atoms with van der Waals surface area (Å²) in [5, 5.41) is 7.49. The van der Waals surface area contributed by atoms with E-state index >= 15 is 0 Å². The van der Waals surface area contributed by atoms with E-state index in [-0.39, 0.29) is 5.97 Å². The van der Waals surface area contributed by atoms with E-state index in [2.05, 4.69) is 61.5 Å². The molecule has 0 saturated carbocycles. The lowest BCUT2D eigenvalue weighted by atomic mass is 9.92. The predicted molar refractivity (Wildman–Crippen MR) is 99.5 cm³/mol. The molecule has 0 unspecified atom stereocenters. The summed E-state index contributed by atoms with van der Waals surface area (Å²) < 4.78 is 5.48. The maximum absolute atomic E-state index is 11.8. The first-order chi connectivity index (χ1) is 11.8. The molecular weight excluding hydrogens is 296 g/mol. The number of hydrogen-bond donors (Lipinski definition) is 0. The number of rotatable bonds is 5. The molecule has 24 heavy (non-hydrogen) atoms. The zero-order valence-electron chi connectivity index (χ0n) is 13.8. The van der Waals surface area contributed by atoms with Crippen LogP contribution < -0.4 is 0 Å². The van der Waals surface area contributed by atoms with Gasteiger partial charge in [-0.1, -0.05) is 67.9 Å². The van der Waals surface area contributed by atoms with Crippen molar-refractivity contribution < 1.29 is 9.53 Å². The van der Waals surface area contributed by atoms with Crippen molar-refractivity contribution >= 4 is 38.3 Å². The first kappa shape index (κ1) is 14.9. The first-order valence-corrected chi connectivity index (χ1v) is 8.59. The molecule has 0 atom stereocenters. The highest BCUT2D eigenvalue weighted by molar-refractivity contribution is 6.23. The summed E-state index contributed by atoms with van der Waals surface area (Å²) in [6.07, 6.45) is 2.40. The van der Waals surface area contributed by atoms with E-state index in [0.29, 0.717) is 13.0 Å². The van der Waals surface area contributed by atoms with Crippen LogP contribution in [0.1, 0.15) is 31.7 Å². The fourth-order valence-corrected chi connectivity index (χ4v) is 3.47. The smallest absolute Gasteiger partial charge is 0.306 e. The van der Waals surface area contributed by atoms with Gasteiger partial charge in [0.2, 0.25) is 0 Å². The fourth-order valence-electron chi connectivity index (χ4n) is 3.47. The Morgan fingerprint density at radius 3 is 2.29 bits per heavy atom. The molecule has 0 heterocycles. The molecule has 0 bridgehead atoms. The molecule has 4 aromatic rings. The maximum atomic E-state index is 11.8. The molecule has 0 aromatic heterocycles. The molecule has 0 aliphatic rings. The van der Waals surface area contributed by atoms with Crippen LogP contribution in [0.4, 0.5) is 0 Å². The topological polar surface area (TPSA) is 26.3 Å². The number of carbonyl (C=O) groups excluding carboxylic acids is 1. The Hall–Kier alpha value is -2.61. The molecular formula is C22H20O2. The standard InChI is InChI=1S/C22H20O2/c1-2-3-7-20(23)24-14-18-11-10-17-9-8-15-5-4-6-16-12-13-19(18)22(17)21(15)16/h4-6,8-13H,2-3,7,14H2,1H3. The van der Waals surface area contributed by atoms with Gasteiger partial charge in [0.1, 0.15) is 6.61 Å². The third kappa shape index (κ3) is 2.48. The van der Waals surface area contributed by atoms with Crippen LogP contribution in [0.3, 0.4) is 0 Å². The van der Waals surface area contributed by atoms with Gasteiger partial charge < -0.3 is 4.74 Å². The van der Waals surface area contributed by atoms with Gasteiger partial charge in [-0.25, -0.2) is 0 Å². The van der Waals surface area contributed by atoms with E-state index in [1.807, 2.05) is 0 Å². The minimum atomic E-state index is -0.109. The lowest BCUT2D eigenvalue weighted by Gasteiger charge is -2.14. The van der Waals surface area contributed by atoms with Crippen molar-refractivity contribution in [3.05, 3.63) is 60.2 Å². The average molecular weight is 316 g/mol. The number of esters is 1. The van der Waals surface area contributed by atoms with Gasteiger partial charge in [-0.15, -0.1) is 0 Å². The third-order valence-electron chi connectivity index (χ3n) is 4.74. The fraction of sp³-hybridized carbons (Fsp3) is 0.227. The summed E-state index contributed by atoms with van der Waals surface area (Å²) in [5.74, 6) is -0.109. The molecule has 0 radical (unpaired) electrons. The largest absolute Gasteiger partial charge is 0.461 e. The Balaban J connectivity index is 1.78. The highest BCUT2D eigenvalue weighted by atomic mass is 16.5. The van der Waals surface area contributed by atoms with Crippen LogP contribution in [0.15, 0.2) is 54.6 Å². The van der Waals surface area contributed by atoms with Crippen molar-refractivity contribution in [1.82, 2.24) is 0 Å². The van der Waals surface area contributed by atoms with E-state index in [1.54, 1.807) is 0 Å². The number of unbranched alkanes of at least 4 members (excludes halogenated alkanes) is 1. The molecule has 0 fully saturated rings. The van der Waals surface area contributed by atoms with E-state index < -0.39 is 0 Å². The van der Waals surface area contributed by atoms with Crippen molar-refractivity contribution in [3.63, 3.8) is 0 Å². The first-order valence-electron chi connectivity index (χ1n) is 8.59. The summed E-state index contributed by atoms with van der Waals surface area (Å²) in [5.41, 5.74) is 1.07. The lowest BCUT2D eigenvalue weighted by Crippen LogP contribution is -2.04. The maximum Gasteiger partial charge on any atom is 0.306 e. The van der Waals surface area contributed by atoms with Crippen LogP contribution in [0.25, 0.3) is 32.3 Å². The van der Waals surface area contributed by atoms with Gasteiger partial charge in [-0.05, 0) is 44.3 Å². The summed E-state index contributed by atoms with van der Waals surface area (Å²) >= 11 is 0. The zero-order chi connectivity index (χ0) is 16.5. The van der Waals surface area contributed by atoms with Gasteiger partial charge >= 0.3 is 5.97 Å². The van der Waals surface area contributed by atoms with E-state index in [4.69, 9.17) is 4.74 Å². The van der Waals surface area contributed by atoms with Crippen molar-refractivity contribution in [2.45, 2.75) is 32.8 Å².